The zero-order valence-corrected chi connectivity index (χ0v) is 14.2. The molecular formula is C16H15BrN2O2S. The van der Waals surface area contributed by atoms with Crippen molar-refractivity contribution < 1.29 is 9.59 Å². The predicted octanol–water partition coefficient (Wildman–Crippen LogP) is 3.57. The van der Waals surface area contributed by atoms with E-state index in [1.54, 1.807) is 28.4 Å². The lowest BCUT2D eigenvalue weighted by Crippen LogP contribution is -2.25. The van der Waals surface area contributed by atoms with E-state index in [2.05, 4.69) is 21.2 Å². The number of carbonyl (C=O) groups excluding carboxylic acids is 2. The smallest absolute Gasteiger partial charge is 0.251 e. The summed E-state index contributed by atoms with van der Waals surface area (Å²) in [6, 6.07) is 11.2. The summed E-state index contributed by atoms with van der Waals surface area (Å²) in [5, 5.41) is 2.90. The Balaban J connectivity index is 1.68. The molecule has 0 aliphatic carbocycles. The highest BCUT2D eigenvalue weighted by molar-refractivity contribution is 9.11. The van der Waals surface area contributed by atoms with E-state index in [9.17, 15) is 9.59 Å². The van der Waals surface area contributed by atoms with Gasteiger partial charge in [-0.2, -0.15) is 0 Å². The predicted molar refractivity (Wildman–Crippen MR) is 91.2 cm³/mol. The monoisotopic (exact) mass is 378 g/mol. The van der Waals surface area contributed by atoms with Gasteiger partial charge in [-0.15, -0.1) is 11.3 Å². The third-order valence-corrected chi connectivity index (χ3v) is 5.17. The molecule has 1 aromatic carbocycles. The van der Waals surface area contributed by atoms with Gasteiger partial charge in [-0.3, -0.25) is 9.59 Å². The molecule has 0 saturated carbocycles. The minimum absolute atomic E-state index is 0.126. The van der Waals surface area contributed by atoms with E-state index in [1.165, 1.54) is 0 Å². The van der Waals surface area contributed by atoms with E-state index in [4.69, 9.17) is 0 Å². The second kappa shape index (κ2) is 6.62. The van der Waals surface area contributed by atoms with E-state index in [1.807, 2.05) is 24.3 Å². The largest absolute Gasteiger partial charge is 0.347 e. The molecule has 1 saturated heterocycles. The number of hydrogen-bond donors (Lipinski definition) is 1. The molecule has 3 rings (SSSR count). The molecule has 2 heterocycles. The maximum absolute atomic E-state index is 12.3. The van der Waals surface area contributed by atoms with Gasteiger partial charge in [0.15, 0.2) is 0 Å². The standard InChI is InChI=1S/C16H15BrN2O2S/c17-14-7-6-13(22-14)10-18-16(21)11-3-1-4-12(9-11)19-8-2-5-15(19)20/h1,3-4,6-7,9H,2,5,8,10H2,(H,18,21). The zero-order chi connectivity index (χ0) is 15.5. The molecule has 114 valence electrons. The molecule has 0 radical (unpaired) electrons. The fraction of sp³-hybridized carbons (Fsp3) is 0.250. The van der Waals surface area contributed by atoms with Gasteiger partial charge in [-0.25, -0.2) is 0 Å². The summed E-state index contributed by atoms with van der Waals surface area (Å²) in [6.45, 7) is 1.23. The van der Waals surface area contributed by atoms with E-state index < -0.39 is 0 Å². The topological polar surface area (TPSA) is 49.4 Å². The molecule has 6 heteroatoms. The number of carbonyl (C=O) groups is 2. The SMILES string of the molecule is O=C(NCc1ccc(Br)s1)c1cccc(N2CCCC2=O)c1. The van der Waals surface area contributed by atoms with Gasteiger partial charge < -0.3 is 10.2 Å². The van der Waals surface area contributed by atoms with Crippen molar-refractivity contribution >= 4 is 44.8 Å². The Bertz CT molecular complexity index is 714. The Morgan fingerprint density at radius 2 is 2.18 bits per heavy atom. The fourth-order valence-electron chi connectivity index (χ4n) is 2.45. The number of nitrogens with one attached hydrogen (secondary N) is 1. The Morgan fingerprint density at radius 1 is 1.32 bits per heavy atom. The normalized spacial score (nSPS) is 14.4. The first-order chi connectivity index (χ1) is 10.6. The lowest BCUT2D eigenvalue weighted by molar-refractivity contribution is -0.117. The van der Waals surface area contributed by atoms with Crippen LogP contribution in [0, 0.1) is 0 Å². The molecule has 1 aliphatic heterocycles. The Morgan fingerprint density at radius 3 is 2.86 bits per heavy atom. The van der Waals surface area contributed by atoms with E-state index >= 15 is 0 Å². The Hall–Kier alpha value is -1.66. The molecule has 2 aromatic rings. The second-order valence-electron chi connectivity index (χ2n) is 5.09. The summed E-state index contributed by atoms with van der Waals surface area (Å²) in [4.78, 5) is 26.9. The van der Waals surface area contributed by atoms with Crippen LogP contribution in [0.15, 0.2) is 40.2 Å². The van der Waals surface area contributed by atoms with E-state index in [-0.39, 0.29) is 11.8 Å². The third kappa shape index (κ3) is 3.39. The number of halogens is 1. The highest BCUT2D eigenvalue weighted by Crippen LogP contribution is 2.23. The van der Waals surface area contributed by atoms with Crippen molar-refractivity contribution in [1.29, 1.82) is 0 Å². The molecule has 1 aliphatic rings. The molecule has 2 amide bonds. The highest BCUT2D eigenvalue weighted by Gasteiger charge is 2.22. The first-order valence-corrected chi connectivity index (χ1v) is 8.67. The van der Waals surface area contributed by atoms with Gasteiger partial charge in [0, 0.05) is 29.1 Å². The van der Waals surface area contributed by atoms with Crippen LogP contribution in [0.4, 0.5) is 5.69 Å². The molecule has 0 spiro atoms. The van der Waals surface area contributed by atoms with Crippen LogP contribution in [0.3, 0.4) is 0 Å². The number of anilines is 1. The van der Waals surface area contributed by atoms with Gasteiger partial charge in [0.05, 0.1) is 10.3 Å². The summed E-state index contributed by atoms with van der Waals surface area (Å²) in [7, 11) is 0. The minimum atomic E-state index is -0.127. The lowest BCUT2D eigenvalue weighted by atomic mass is 10.1. The van der Waals surface area contributed by atoms with Crippen LogP contribution in [0.1, 0.15) is 28.1 Å². The second-order valence-corrected chi connectivity index (χ2v) is 7.64. The van der Waals surface area contributed by atoms with E-state index in [0.29, 0.717) is 18.5 Å². The van der Waals surface area contributed by atoms with Gasteiger partial charge >= 0.3 is 0 Å². The van der Waals surface area contributed by atoms with Crippen molar-refractivity contribution in [2.24, 2.45) is 0 Å². The summed E-state index contributed by atoms with van der Waals surface area (Å²) in [6.07, 6.45) is 1.46. The molecular weight excluding hydrogens is 364 g/mol. The van der Waals surface area contributed by atoms with Gasteiger partial charge in [0.25, 0.3) is 5.91 Å². The molecule has 0 atom stereocenters. The number of nitrogens with zero attached hydrogens (tertiary/aromatic N) is 1. The van der Waals surface area contributed by atoms with Crippen molar-refractivity contribution in [3.63, 3.8) is 0 Å². The number of thiophene rings is 1. The average molecular weight is 379 g/mol. The van der Waals surface area contributed by atoms with Crippen LogP contribution in [-0.4, -0.2) is 18.4 Å². The summed E-state index contributed by atoms with van der Waals surface area (Å²) in [5.41, 5.74) is 1.38. The first-order valence-electron chi connectivity index (χ1n) is 7.06. The summed E-state index contributed by atoms with van der Waals surface area (Å²) >= 11 is 5.00. The maximum atomic E-state index is 12.3. The molecule has 4 nitrogen and oxygen atoms in total. The van der Waals surface area contributed by atoms with Crippen LogP contribution >= 0.6 is 27.3 Å². The summed E-state index contributed by atoms with van der Waals surface area (Å²) in [5.74, 6) is -0.000915. The van der Waals surface area contributed by atoms with Crippen LogP contribution in [0.2, 0.25) is 0 Å². The molecule has 22 heavy (non-hydrogen) atoms. The van der Waals surface area contributed by atoms with E-state index in [0.717, 1.165) is 27.3 Å². The quantitative estimate of drug-likeness (QED) is 0.883. The molecule has 0 unspecified atom stereocenters. The van der Waals surface area contributed by atoms with Crippen LogP contribution in [0.25, 0.3) is 0 Å². The average Bonchev–Trinajstić information content (AvgIpc) is 3.13. The highest BCUT2D eigenvalue weighted by atomic mass is 79.9. The number of benzene rings is 1. The molecule has 1 aromatic heterocycles. The third-order valence-electron chi connectivity index (χ3n) is 3.55. The van der Waals surface area contributed by atoms with Crippen molar-refractivity contribution in [2.45, 2.75) is 19.4 Å². The minimum Gasteiger partial charge on any atom is -0.347 e. The van der Waals surface area contributed by atoms with Gasteiger partial charge in [0.2, 0.25) is 5.91 Å². The van der Waals surface area contributed by atoms with Gasteiger partial charge in [-0.05, 0) is 52.7 Å². The van der Waals surface area contributed by atoms with Crippen molar-refractivity contribution in [3.8, 4) is 0 Å². The Labute approximate surface area is 141 Å². The lowest BCUT2D eigenvalue weighted by Gasteiger charge is -2.16. The Kier molecular flexibility index (Phi) is 4.59. The number of hydrogen-bond acceptors (Lipinski definition) is 3. The molecule has 0 bridgehead atoms. The zero-order valence-electron chi connectivity index (χ0n) is 11.8. The van der Waals surface area contributed by atoms with Crippen LogP contribution < -0.4 is 10.2 Å². The van der Waals surface area contributed by atoms with Crippen LogP contribution in [-0.2, 0) is 11.3 Å². The molecule has 1 N–H and O–H groups in total. The molecule has 1 fully saturated rings. The van der Waals surface area contributed by atoms with Gasteiger partial charge in [0.1, 0.15) is 0 Å². The van der Waals surface area contributed by atoms with Crippen molar-refractivity contribution in [1.82, 2.24) is 5.32 Å². The maximum Gasteiger partial charge on any atom is 0.251 e. The number of amides is 2. The van der Waals surface area contributed by atoms with Crippen molar-refractivity contribution in [3.05, 3.63) is 50.6 Å². The fourth-order valence-corrected chi connectivity index (χ4v) is 3.88. The first kappa shape index (κ1) is 15.2. The van der Waals surface area contributed by atoms with Crippen LogP contribution in [0.5, 0.6) is 0 Å². The number of rotatable bonds is 4. The summed E-state index contributed by atoms with van der Waals surface area (Å²) < 4.78 is 1.05. The van der Waals surface area contributed by atoms with Gasteiger partial charge in [-0.1, -0.05) is 6.07 Å². The van der Waals surface area contributed by atoms with Crippen molar-refractivity contribution in [2.75, 3.05) is 11.4 Å².